The predicted molar refractivity (Wildman–Crippen MR) is 79.3 cm³/mol. The number of nitrogens with zero attached hydrogens (tertiary/aromatic N) is 2. The first-order valence-corrected chi connectivity index (χ1v) is 8.27. The molecule has 4 nitrogen and oxygen atoms in total. The lowest BCUT2D eigenvalue weighted by Crippen LogP contribution is -2.61. The van der Waals surface area contributed by atoms with Crippen LogP contribution in [-0.2, 0) is 9.59 Å². The van der Waals surface area contributed by atoms with E-state index < -0.39 is 0 Å². The Bertz CT molecular complexity index is 356. The molecule has 2 heterocycles. The van der Waals surface area contributed by atoms with Crippen molar-refractivity contribution in [3.05, 3.63) is 0 Å². The molecule has 0 spiro atoms. The van der Waals surface area contributed by atoms with Crippen molar-refractivity contribution in [1.29, 1.82) is 0 Å². The third-order valence-electron chi connectivity index (χ3n) is 4.68. The first-order valence-electron chi connectivity index (χ1n) is 8.27. The first kappa shape index (κ1) is 15.3. The molecule has 20 heavy (non-hydrogen) atoms. The van der Waals surface area contributed by atoms with Gasteiger partial charge < -0.3 is 9.80 Å². The molecule has 0 radical (unpaired) electrons. The van der Waals surface area contributed by atoms with E-state index in [1.165, 1.54) is 32.1 Å². The van der Waals surface area contributed by atoms with Crippen LogP contribution in [0.15, 0.2) is 0 Å². The summed E-state index contributed by atoms with van der Waals surface area (Å²) in [4.78, 5) is 28.4. The van der Waals surface area contributed by atoms with Gasteiger partial charge in [-0.25, -0.2) is 0 Å². The van der Waals surface area contributed by atoms with Gasteiger partial charge in [0.05, 0.1) is 0 Å². The van der Waals surface area contributed by atoms with Crippen LogP contribution < -0.4 is 0 Å². The Morgan fingerprint density at radius 2 is 1.75 bits per heavy atom. The van der Waals surface area contributed by atoms with E-state index in [-0.39, 0.29) is 23.9 Å². The molecule has 4 heteroatoms. The second-order valence-electron chi connectivity index (χ2n) is 6.17. The van der Waals surface area contributed by atoms with Crippen LogP contribution in [0.3, 0.4) is 0 Å². The maximum atomic E-state index is 12.5. The molecule has 0 N–H and O–H groups in total. The predicted octanol–water partition coefficient (Wildman–Crippen LogP) is 2.57. The number of carbonyl (C=O) groups is 2. The molecule has 114 valence electrons. The summed E-state index contributed by atoms with van der Waals surface area (Å²) in [5.74, 6) is 0.334. The van der Waals surface area contributed by atoms with Crippen molar-refractivity contribution in [2.75, 3.05) is 13.1 Å². The summed E-state index contributed by atoms with van der Waals surface area (Å²) >= 11 is 0. The lowest BCUT2D eigenvalue weighted by molar-refractivity contribution is -0.158. The Labute approximate surface area is 122 Å². The lowest BCUT2D eigenvalue weighted by atomic mass is 10.0. The molecule has 2 saturated heterocycles. The quantitative estimate of drug-likeness (QED) is 0.672. The molecule has 0 aliphatic carbocycles. The van der Waals surface area contributed by atoms with Gasteiger partial charge in [-0.1, -0.05) is 39.0 Å². The summed E-state index contributed by atoms with van der Waals surface area (Å²) in [7, 11) is 0. The van der Waals surface area contributed by atoms with E-state index in [1.807, 2.05) is 11.8 Å². The second-order valence-corrected chi connectivity index (χ2v) is 6.17. The minimum atomic E-state index is -0.257. The van der Waals surface area contributed by atoms with Gasteiger partial charge >= 0.3 is 0 Å². The van der Waals surface area contributed by atoms with Gasteiger partial charge in [0, 0.05) is 13.1 Å². The summed E-state index contributed by atoms with van der Waals surface area (Å²) in [5, 5.41) is 0. The van der Waals surface area contributed by atoms with Crippen molar-refractivity contribution in [1.82, 2.24) is 9.80 Å². The van der Waals surface area contributed by atoms with Gasteiger partial charge in [0.2, 0.25) is 11.8 Å². The molecule has 0 bridgehead atoms. The molecular formula is C16H28N2O2. The molecule has 0 saturated carbocycles. The van der Waals surface area contributed by atoms with Crippen LogP contribution in [0.4, 0.5) is 0 Å². The number of hydrogen-bond donors (Lipinski definition) is 0. The Kier molecular flexibility index (Phi) is 5.44. The molecular weight excluding hydrogens is 252 g/mol. The van der Waals surface area contributed by atoms with Gasteiger partial charge in [-0.15, -0.1) is 0 Å². The molecule has 2 rings (SSSR count). The van der Waals surface area contributed by atoms with Crippen molar-refractivity contribution in [3.8, 4) is 0 Å². The molecule has 0 aromatic rings. The Morgan fingerprint density at radius 3 is 2.50 bits per heavy atom. The molecule has 0 aromatic heterocycles. The average molecular weight is 280 g/mol. The summed E-state index contributed by atoms with van der Waals surface area (Å²) < 4.78 is 0. The van der Waals surface area contributed by atoms with Gasteiger partial charge in [0.1, 0.15) is 12.1 Å². The van der Waals surface area contributed by atoms with Crippen LogP contribution in [0.1, 0.15) is 65.2 Å². The second kappa shape index (κ2) is 7.09. The molecule has 2 aliphatic heterocycles. The smallest absolute Gasteiger partial charge is 0.246 e. The molecule has 2 aliphatic rings. The highest BCUT2D eigenvalue weighted by molar-refractivity contribution is 5.97. The van der Waals surface area contributed by atoms with Crippen molar-refractivity contribution < 1.29 is 9.59 Å². The molecule has 2 amide bonds. The van der Waals surface area contributed by atoms with E-state index in [0.717, 1.165) is 32.4 Å². The summed E-state index contributed by atoms with van der Waals surface area (Å²) in [6, 6.07) is -0.411. The van der Waals surface area contributed by atoms with Crippen molar-refractivity contribution in [3.63, 3.8) is 0 Å². The van der Waals surface area contributed by atoms with E-state index in [0.29, 0.717) is 0 Å². The zero-order valence-corrected chi connectivity index (χ0v) is 12.9. The first-order chi connectivity index (χ1) is 9.66. The van der Waals surface area contributed by atoms with Crippen LogP contribution in [0.25, 0.3) is 0 Å². The topological polar surface area (TPSA) is 40.6 Å². The van der Waals surface area contributed by atoms with Gasteiger partial charge in [0.15, 0.2) is 0 Å². The van der Waals surface area contributed by atoms with Crippen LogP contribution in [-0.4, -0.2) is 46.8 Å². The van der Waals surface area contributed by atoms with Crippen LogP contribution in [0.2, 0.25) is 0 Å². The highest BCUT2D eigenvalue weighted by Gasteiger charge is 2.45. The summed E-state index contributed by atoms with van der Waals surface area (Å²) in [5.41, 5.74) is 0. The standard InChI is InChI=1S/C16H28N2O2/c1-3-4-5-6-7-8-11-17-13(2)15(19)18-12-9-10-14(18)16(17)20/h13-14H,3-12H2,1-2H3. The number of hydrogen-bond acceptors (Lipinski definition) is 2. The van der Waals surface area contributed by atoms with E-state index in [1.54, 1.807) is 4.90 Å². The molecule has 2 fully saturated rings. The van der Waals surface area contributed by atoms with Gasteiger partial charge in [-0.05, 0) is 26.2 Å². The fraction of sp³-hybridized carbons (Fsp3) is 0.875. The zero-order valence-electron chi connectivity index (χ0n) is 12.9. The number of rotatable bonds is 7. The largest absolute Gasteiger partial charge is 0.329 e. The lowest BCUT2D eigenvalue weighted by Gasteiger charge is -2.41. The monoisotopic (exact) mass is 280 g/mol. The number of piperazine rings is 1. The maximum absolute atomic E-state index is 12.5. The number of carbonyl (C=O) groups excluding carboxylic acids is 2. The van der Waals surface area contributed by atoms with Gasteiger partial charge in [-0.2, -0.15) is 0 Å². The van der Waals surface area contributed by atoms with Crippen molar-refractivity contribution in [2.45, 2.75) is 77.3 Å². The van der Waals surface area contributed by atoms with Gasteiger partial charge in [-0.3, -0.25) is 9.59 Å². The van der Waals surface area contributed by atoms with E-state index >= 15 is 0 Å². The Morgan fingerprint density at radius 1 is 1.05 bits per heavy atom. The van der Waals surface area contributed by atoms with Crippen LogP contribution >= 0.6 is 0 Å². The number of unbranched alkanes of at least 4 members (excludes halogenated alkanes) is 5. The molecule has 2 atom stereocenters. The summed E-state index contributed by atoms with van der Waals surface area (Å²) in [6.07, 6.45) is 9.11. The highest BCUT2D eigenvalue weighted by Crippen LogP contribution is 2.27. The van der Waals surface area contributed by atoms with Gasteiger partial charge in [0.25, 0.3) is 0 Å². The molecule has 0 aromatic carbocycles. The fourth-order valence-electron chi connectivity index (χ4n) is 3.41. The van der Waals surface area contributed by atoms with Crippen molar-refractivity contribution in [2.24, 2.45) is 0 Å². The number of amides is 2. The van der Waals surface area contributed by atoms with E-state index in [4.69, 9.17) is 0 Å². The van der Waals surface area contributed by atoms with Crippen LogP contribution in [0.5, 0.6) is 0 Å². The fourth-order valence-corrected chi connectivity index (χ4v) is 3.41. The Hall–Kier alpha value is -1.06. The number of fused-ring (bicyclic) bond motifs is 1. The van der Waals surface area contributed by atoms with E-state index in [2.05, 4.69) is 6.92 Å². The Balaban J connectivity index is 1.81. The highest BCUT2D eigenvalue weighted by atomic mass is 16.2. The maximum Gasteiger partial charge on any atom is 0.246 e. The summed E-state index contributed by atoms with van der Waals surface area (Å²) in [6.45, 7) is 5.62. The minimum absolute atomic E-state index is 0.151. The SMILES string of the molecule is CCCCCCCCN1C(=O)C2CCCN2C(=O)C1C. The van der Waals surface area contributed by atoms with Crippen LogP contribution in [0, 0.1) is 0 Å². The third kappa shape index (κ3) is 3.15. The zero-order chi connectivity index (χ0) is 14.5. The minimum Gasteiger partial charge on any atom is -0.329 e. The third-order valence-corrected chi connectivity index (χ3v) is 4.68. The molecule has 2 unspecified atom stereocenters. The average Bonchev–Trinajstić information content (AvgIpc) is 2.93. The van der Waals surface area contributed by atoms with E-state index in [9.17, 15) is 9.59 Å². The van der Waals surface area contributed by atoms with Crippen molar-refractivity contribution >= 4 is 11.8 Å². The normalized spacial score (nSPS) is 26.3.